The fourth-order valence-electron chi connectivity index (χ4n) is 1.64. The minimum atomic E-state index is -0.453. The molecule has 0 aromatic heterocycles. The number of benzene rings is 2. The molecule has 0 atom stereocenters. The quantitative estimate of drug-likeness (QED) is 0.761. The molecule has 0 amide bonds. The van der Waals surface area contributed by atoms with E-state index in [-0.39, 0.29) is 5.56 Å². The molecule has 0 aliphatic carbocycles. The number of carbonyl (C=O) groups excluding carboxylic acids is 1. The van der Waals surface area contributed by atoms with E-state index in [1.165, 1.54) is 12.1 Å². The Labute approximate surface area is 105 Å². The first-order chi connectivity index (χ1) is 8.60. The van der Waals surface area contributed by atoms with E-state index in [1.807, 2.05) is 32.0 Å². The molecular formula is C15H13FO2. The Morgan fingerprint density at radius 1 is 1.06 bits per heavy atom. The molecule has 0 aliphatic heterocycles. The second kappa shape index (κ2) is 5.00. The number of carbonyl (C=O) groups is 1. The van der Waals surface area contributed by atoms with Gasteiger partial charge in [0.25, 0.3) is 0 Å². The third-order valence-corrected chi connectivity index (χ3v) is 2.66. The maximum absolute atomic E-state index is 13.0. The maximum atomic E-state index is 13.0. The molecule has 0 fully saturated rings. The fourth-order valence-corrected chi connectivity index (χ4v) is 1.64. The molecule has 0 bridgehead atoms. The van der Waals surface area contributed by atoms with Gasteiger partial charge in [0.05, 0.1) is 5.56 Å². The first kappa shape index (κ1) is 12.3. The average Bonchev–Trinajstić information content (AvgIpc) is 2.36. The highest BCUT2D eigenvalue weighted by molar-refractivity contribution is 5.79. The highest BCUT2D eigenvalue weighted by Gasteiger charge is 2.07. The summed E-state index contributed by atoms with van der Waals surface area (Å²) in [7, 11) is 0. The summed E-state index contributed by atoms with van der Waals surface area (Å²) in [5, 5.41) is 0. The van der Waals surface area contributed by atoms with Crippen LogP contribution in [0.5, 0.6) is 11.5 Å². The monoisotopic (exact) mass is 244 g/mol. The van der Waals surface area contributed by atoms with E-state index < -0.39 is 5.82 Å². The lowest BCUT2D eigenvalue weighted by atomic mass is 10.1. The van der Waals surface area contributed by atoms with Crippen molar-refractivity contribution < 1.29 is 13.9 Å². The van der Waals surface area contributed by atoms with Gasteiger partial charge in [0.2, 0.25) is 0 Å². The van der Waals surface area contributed by atoms with Gasteiger partial charge in [-0.2, -0.15) is 0 Å². The van der Waals surface area contributed by atoms with Crippen LogP contribution in [0.15, 0.2) is 36.4 Å². The zero-order valence-electron chi connectivity index (χ0n) is 10.2. The zero-order chi connectivity index (χ0) is 13.1. The van der Waals surface area contributed by atoms with E-state index in [9.17, 15) is 9.18 Å². The summed E-state index contributed by atoms with van der Waals surface area (Å²) in [6, 6.07) is 9.69. The van der Waals surface area contributed by atoms with Crippen LogP contribution in [0.2, 0.25) is 0 Å². The molecule has 2 aromatic carbocycles. The summed E-state index contributed by atoms with van der Waals surface area (Å²) >= 11 is 0. The SMILES string of the molecule is Cc1ccc(C)c(Oc2ccc(F)cc2C=O)c1. The molecule has 0 N–H and O–H groups in total. The summed E-state index contributed by atoms with van der Waals surface area (Å²) in [5.41, 5.74) is 2.23. The lowest BCUT2D eigenvalue weighted by Gasteiger charge is -2.11. The smallest absolute Gasteiger partial charge is 0.153 e. The minimum absolute atomic E-state index is 0.205. The van der Waals surface area contributed by atoms with Crippen molar-refractivity contribution in [3.8, 4) is 11.5 Å². The second-order valence-corrected chi connectivity index (χ2v) is 4.17. The summed E-state index contributed by atoms with van der Waals surface area (Å²) in [6.07, 6.45) is 0.587. The van der Waals surface area contributed by atoms with Crippen LogP contribution < -0.4 is 4.74 Å². The number of hydrogen-bond acceptors (Lipinski definition) is 2. The molecule has 3 heteroatoms. The van der Waals surface area contributed by atoms with Gasteiger partial charge in [-0.1, -0.05) is 12.1 Å². The van der Waals surface area contributed by atoms with Crippen LogP contribution in [-0.4, -0.2) is 6.29 Å². The number of hydrogen-bond donors (Lipinski definition) is 0. The lowest BCUT2D eigenvalue weighted by molar-refractivity contribution is 0.112. The van der Waals surface area contributed by atoms with Crippen molar-refractivity contribution in [2.24, 2.45) is 0 Å². The summed E-state index contributed by atoms with van der Waals surface area (Å²) < 4.78 is 18.7. The Bertz CT molecular complexity index is 591. The lowest BCUT2D eigenvalue weighted by Crippen LogP contribution is -1.93. The number of ether oxygens (including phenoxy) is 1. The van der Waals surface area contributed by atoms with Gasteiger partial charge >= 0.3 is 0 Å². The first-order valence-electron chi connectivity index (χ1n) is 5.60. The van der Waals surface area contributed by atoms with Crippen LogP contribution in [0.3, 0.4) is 0 Å². The molecule has 0 radical (unpaired) electrons. The third kappa shape index (κ3) is 2.56. The largest absolute Gasteiger partial charge is 0.456 e. The fraction of sp³-hybridized carbons (Fsp3) is 0.133. The normalized spacial score (nSPS) is 10.2. The number of rotatable bonds is 3. The van der Waals surface area contributed by atoms with Gasteiger partial charge in [-0.3, -0.25) is 4.79 Å². The highest BCUT2D eigenvalue weighted by Crippen LogP contribution is 2.28. The Balaban J connectivity index is 2.39. The molecular weight excluding hydrogens is 231 g/mol. The molecule has 18 heavy (non-hydrogen) atoms. The van der Waals surface area contributed by atoms with Crippen LogP contribution in [0.1, 0.15) is 21.5 Å². The Morgan fingerprint density at radius 3 is 2.56 bits per heavy atom. The van der Waals surface area contributed by atoms with Gasteiger partial charge in [0.15, 0.2) is 6.29 Å². The Kier molecular flexibility index (Phi) is 3.42. The molecule has 0 aliphatic rings. The van der Waals surface area contributed by atoms with Crippen LogP contribution >= 0.6 is 0 Å². The van der Waals surface area contributed by atoms with E-state index in [0.29, 0.717) is 17.8 Å². The number of halogens is 1. The van der Waals surface area contributed by atoms with Crippen molar-refractivity contribution in [3.63, 3.8) is 0 Å². The molecule has 92 valence electrons. The van der Waals surface area contributed by atoms with Crippen LogP contribution in [0.25, 0.3) is 0 Å². The van der Waals surface area contributed by atoms with Crippen molar-refractivity contribution in [1.29, 1.82) is 0 Å². The zero-order valence-corrected chi connectivity index (χ0v) is 10.2. The van der Waals surface area contributed by atoms with Crippen LogP contribution in [0.4, 0.5) is 4.39 Å². The van der Waals surface area contributed by atoms with Crippen LogP contribution in [-0.2, 0) is 0 Å². The van der Waals surface area contributed by atoms with E-state index in [1.54, 1.807) is 0 Å². The Morgan fingerprint density at radius 2 is 1.83 bits per heavy atom. The van der Waals surface area contributed by atoms with E-state index >= 15 is 0 Å². The van der Waals surface area contributed by atoms with Gasteiger partial charge < -0.3 is 4.74 Å². The molecule has 0 saturated heterocycles. The molecule has 0 saturated carbocycles. The highest BCUT2D eigenvalue weighted by atomic mass is 19.1. The minimum Gasteiger partial charge on any atom is -0.456 e. The average molecular weight is 244 g/mol. The second-order valence-electron chi connectivity index (χ2n) is 4.17. The van der Waals surface area contributed by atoms with Crippen molar-refractivity contribution >= 4 is 6.29 Å². The number of aldehydes is 1. The van der Waals surface area contributed by atoms with Crippen molar-refractivity contribution in [2.75, 3.05) is 0 Å². The van der Waals surface area contributed by atoms with Crippen molar-refractivity contribution in [2.45, 2.75) is 13.8 Å². The molecule has 2 aromatic rings. The van der Waals surface area contributed by atoms with Crippen molar-refractivity contribution in [3.05, 3.63) is 58.9 Å². The van der Waals surface area contributed by atoms with Crippen molar-refractivity contribution in [1.82, 2.24) is 0 Å². The summed E-state index contributed by atoms with van der Waals surface area (Å²) in [5.74, 6) is 0.579. The van der Waals surface area contributed by atoms with E-state index in [4.69, 9.17) is 4.74 Å². The van der Waals surface area contributed by atoms with Gasteiger partial charge in [0.1, 0.15) is 17.3 Å². The van der Waals surface area contributed by atoms with E-state index in [2.05, 4.69) is 0 Å². The standard InChI is InChI=1S/C15H13FO2/c1-10-3-4-11(2)15(7-10)18-14-6-5-13(16)8-12(14)9-17/h3-9H,1-2H3. The van der Waals surface area contributed by atoms with Gasteiger partial charge in [-0.15, -0.1) is 0 Å². The van der Waals surface area contributed by atoms with Gasteiger partial charge in [0, 0.05) is 0 Å². The molecule has 0 unspecified atom stereocenters. The first-order valence-corrected chi connectivity index (χ1v) is 5.60. The van der Waals surface area contributed by atoms with E-state index in [0.717, 1.165) is 17.2 Å². The maximum Gasteiger partial charge on any atom is 0.153 e. The summed E-state index contributed by atoms with van der Waals surface area (Å²) in [4.78, 5) is 10.9. The number of aryl methyl sites for hydroxylation is 2. The molecule has 0 heterocycles. The molecule has 2 rings (SSSR count). The predicted octanol–water partition coefficient (Wildman–Crippen LogP) is 4.05. The third-order valence-electron chi connectivity index (χ3n) is 2.66. The van der Waals surface area contributed by atoms with Gasteiger partial charge in [-0.25, -0.2) is 4.39 Å². The van der Waals surface area contributed by atoms with Crippen LogP contribution in [0, 0.1) is 19.7 Å². The molecule has 2 nitrogen and oxygen atoms in total. The predicted molar refractivity (Wildman–Crippen MR) is 67.8 cm³/mol. The Hall–Kier alpha value is -2.16. The topological polar surface area (TPSA) is 26.3 Å². The molecule has 0 spiro atoms. The van der Waals surface area contributed by atoms with Gasteiger partial charge in [-0.05, 0) is 49.2 Å². The summed E-state index contributed by atoms with van der Waals surface area (Å²) in [6.45, 7) is 3.87.